The van der Waals surface area contributed by atoms with Crippen molar-refractivity contribution in [2.24, 2.45) is 0 Å². The molecule has 3 aromatic rings. The summed E-state index contributed by atoms with van der Waals surface area (Å²) in [5.41, 5.74) is 1.83. The van der Waals surface area contributed by atoms with Gasteiger partial charge in [-0.2, -0.15) is 0 Å². The first kappa shape index (κ1) is 17.5. The van der Waals surface area contributed by atoms with E-state index in [2.05, 4.69) is 5.32 Å². The molecule has 4 rings (SSSR count). The van der Waals surface area contributed by atoms with Gasteiger partial charge in [0.05, 0.1) is 11.0 Å². The van der Waals surface area contributed by atoms with Crippen LogP contribution < -0.4 is 10.1 Å². The van der Waals surface area contributed by atoms with Crippen molar-refractivity contribution in [1.29, 1.82) is 0 Å². The van der Waals surface area contributed by atoms with E-state index in [0.29, 0.717) is 6.61 Å². The maximum absolute atomic E-state index is 12.9. The van der Waals surface area contributed by atoms with Crippen molar-refractivity contribution in [2.75, 3.05) is 20.1 Å². The molecule has 1 fully saturated rings. The number of para-hydroxylation sites is 3. The zero-order chi connectivity index (χ0) is 18.6. The van der Waals surface area contributed by atoms with Crippen LogP contribution in [0.4, 0.5) is 0 Å². The Morgan fingerprint density at radius 1 is 1.22 bits per heavy atom. The summed E-state index contributed by atoms with van der Waals surface area (Å²) in [5, 5.41) is 3.31. The quantitative estimate of drug-likeness (QED) is 0.730. The van der Waals surface area contributed by atoms with Gasteiger partial charge in [0.15, 0.2) is 0 Å². The summed E-state index contributed by atoms with van der Waals surface area (Å²) < 4.78 is 7.86. The highest BCUT2D eigenvalue weighted by molar-refractivity contribution is 5.81. The van der Waals surface area contributed by atoms with Crippen molar-refractivity contribution in [1.82, 2.24) is 19.8 Å². The van der Waals surface area contributed by atoms with E-state index in [9.17, 15) is 4.79 Å². The first-order chi connectivity index (χ1) is 13.2. The summed E-state index contributed by atoms with van der Waals surface area (Å²) in [6.45, 7) is 2.41. The molecular weight excluding hydrogens is 340 g/mol. The molecule has 1 aromatic heterocycles. The lowest BCUT2D eigenvalue weighted by atomic mass is 10.2. The van der Waals surface area contributed by atoms with Crippen molar-refractivity contribution in [3.63, 3.8) is 0 Å². The first-order valence-electron chi connectivity index (χ1n) is 9.31. The van der Waals surface area contributed by atoms with Gasteiger partial charge < -0.3 is 19.5 Å². The monoisotopic (exact) mass is 364 g/mol. The number of amides is 1. The van der Waals surface area contributed by atoms with Crippen molar-refractivity contribution in [3.05, 3.63) is 60.4 Å². The molecule has 1 aliphatic heterocycles. The number of likely N-dealkylation sites (N-methyl/N-ethyl adjacent to an activating group) is 1. The van der Waals surface area contributed by atoms with Gasteiger partial charge in [-0.1, -0.05) is 30.3 Å². The Bertz CT molecular complexity index is 916. The van der Waals surface area contributed by atoms with E-state index in [1.165, 1.54) is 0 Å². The lowest BCUT2D eigenvalue weighted by Crippen LogP contribution is -2.40. The molecule has 6 heteroatoms. The number of rotatable bonds is 6. The van der Waals surface area contributed by atoms with Gasteiger partial charge in [0.25, 0.3) is 0 Å². The largest absolute Gasteiger partial charge is 0.486 e. The number of fused-ring (bicyclic) bond motifs is 1. The minimum absolute atomic E-state index is 0.0906. The molecule has 0 aliphatic carbocycles. The number of imidazole rings is 1. The molecule has 0 spiro atoms. The van der Waals surface area contributed by atoms with E-state index < -0.39 is 0 Å². The number of hydrogen-bond donors (Lipinski definition) is 1. The summed E-state index contributed by atoms with van der Waals surface area (Å²) in [5.74, 6) is 1.63. The van der Waals surface area contributed by atoms with Gasteiger partial charge in [-0.05, 0) is 37.2 Å². The van der Waals surface area contributed by atoms with E-state index in [-0.39, 0.29) is 18.5 Å². The van der Waals surface area contributed by atoms with Gasteiger partial charge >= 0.3 is 0 Å². The van der Waals surface area contributed by atoms with Gasteiger partial charge in [-0.3, -0.25) is 4.79 Å². The van der Waals surface area contributed by atoms with E-state index in [4.69, 9.17) is 9.72 Å². The zero-order valence-corrected chi connectivity index (χ0v) is 15.5. The Kier molecular flexibility index (Phi) is 5.07. The smallest absolute Gasteiger partial charge is 0.242 e. The molecule has 0 saturated carbocycles. The van der Waals surface area contributed by atoms with Crippen molar-refractivity contribution < 1.29 is 9.53 Å². The molecule has 1 aliphatic rings. The third-order valence-electron chi connectivity index (χ3n) is 5.11. The lowest BCUT2D eigenvalue weighted by molar-refractivity contribution is -0.132. The van der Waals surface area contributed by atoms with Gasteiger partial charge in [0, 0.05) is 19.6 Å². The fraction of sp³-hybridized carbons (Fsp3) is 0.333. The second-order valence-corrected chi connectivity index (χ2v) is 6.86. The number of nitrogens with one attached hydrogen (secondary N) is 1. The number of ether oxygens (including phenoxy) is 1. The number of nitrogens with zero attached hydrogens (tertiary/aromatic N) is 3. The minimum Gasteiger partial charge on any atom is -0.486 e. The van der Waals surface area contributed by atoms with Gasteiger partial charge in [0.2, 0.25) is 5.91 Å². The molecule has 27 heavy (non-hydrogen) atoms. The zero-order valence-electron chi connectivity index (χ0n) is 15.5. The van der Waals surface area contributed by atoms with E-state index in [1.807, 2.05) is 71.1 Å². The average Bonchev–Trinajstić information content (AvgIpc) is 3.35. The van der Waals surface area contributed by atoms with Crippen LogP contribution in [0.2, 0.25) is 0 Å². The van der Waals surface area contributed by atoms with E-state index >= 15 is 0 Å². The van der Waals surface area contributed by atoms with Crippen LogP contribution in [0.15, 0.2) is 54.6 Å². The molecule has 0 bridgehead atoms. The number of aromatic nitrogens is 2. The Morgan fingerprint density at radius 2 is 2.00 bits per heavy atom. The van der Waals surface area contributed by atoms with Gasteiger partial charge in [-0.25, -0.2) is 4.98 Å². The molecule has 1 N–H and O–H groups in total. The lowest BCUT2D eigenvalue weighted by Gasteiger charge is -2.24. The number of carbonyl (C=O) groups is 1. The molecule has 1 atom stereocenters. The van der Waals surface area contributed by atoms with Gasteiger partial charge in [-0.15, -0.1) is 0 Å². The molecule has 2 aromatic carbocycles. The maximum Gasteiger partial charge on any atom is 0.242 e. The summed E-state index contributed by atoms with van der Waals surface area (Å²) in [6, 6.07) is 17.8. The molecule has 1 unspecified atom stereocenters. The predicted molar refractivity (Wildman–Crippen MR) is 105 cm³/mol. The molecule has 1 amide bonds. The third-order valence-corrected chi connectivity index (χ3v) is 5.11. The van der Waals surface area contributed by atoms with Crippen molar-refractivity contribution >= 4 is 16.9 Å². The standard InChI is InChI=1S/C21H24N4O2/c1-24(16-11-12-22-13-16)21(26)14-25-19-10-6-5-9-18(19)23-20(25)15-27-17-7-3-2-4-8-17/h2-10,16,22H,11-15H2,1H3. The van der Waals surface area contributed by atoms with Crippen LogP contribution in [0.1, 0.15) is 12.2 Å². The van der Waals surface area contributed by atoms with Crippen LogP contribution in [0.25, 0.3) is 11.0 Å². The Hall–Kier alpha value is -2.86. The summed E-state index contributed by atoms with van der Waals surface area (Å²) >= 11 is 0. The number of benzene rings is 2. The highest BCUT2D eigenvalue weighted by atomic mass is 16.5. The Balaban J connectivity index is 1.57. The fourth-order valence-corrected chi connectivity index (χ4v) is 3.50. The number of carbonyl (C=O) groups excluding carboxylic acids is 1. The minimum atomic E-state index is 0.0906. The molecule has 140 valence electrons. The molecule has 1 saturated heterocycles. The van der Waals surface area contributed by atoms with E-state index in [1.54, 1.807) is 0 Å². The SMILES string of the molecule is CN(C(=O)Cn1c(COc2ccccc2)nc2ccccc21)C1CCNC1. The normalized spacial score (nSPS) is 16.6. The molecular formula is C21H24N4O2. The molecule has 0 radical (unpaired) electrons. The third kappa shape index (κ3) is 3.80. The van der Waals surface area contributed by atoms with Crippen molar-refractivity contribution in [3.8, 4) is 5.75 Å². The second-order valence-electron chi connectivity index (χ2n) is 6.86. The van der Waals surface area contributed by atoms with Crippen LogP contribution in [-0.2, 0) is 17.9 Å². The topological polar surface area (TPSA) is 59.4 Å². The van der Waals surface area contributed by atoms with Crippen LogP contribution in [0.5, 0.6) is 5.75 Å². The highest BCUT2D eigenvalue weighted by Gasteiger charge is 2.24. The van der Waals surface area contributed by atoms with Crippen LogP contribution >= 0.6 is 0 Å². The second kappa shape index (κ2) is 7.80. The molecule has 2 heterocycles. The summed E-state index contributed by atoms with van der Waals surface area (Å²) in [4.78, 5) is 19.4. The average molecular weight is 364 g/mol. The number of hydrogen-bond acceptors (Lipinski definition) is 4. The van der Waals surface area contributed by atoms with Crippen LogP contribution in [0, 0.1) is 0 Å². The fourth-order valence-electron chi connectivity index (χ4n) is 3.50. The van der Waals surface area contributed by atoms with Gasteiger partial charge in [0.1, 0.15) is 24.7 Å². The van der Waals surface area contributed by atoms with Crippen LogP contribution in [-0.4, -0.2) is 46.5 Å². The van der Waals surface area contributed by atoms with Crippen LogP contribution in [0.3, 0.4) is 0 Å². The molecule has 6 nitrogen and oxygen atoms in total. The summed E-state index contributed by atoms with van der Waals surface area (Å²) in [7, 11) is 1.89. The highest BCUT2D eigenvalue weighted by Crippen LogP contribution is 2.19. The summed E-state index contributed by atoms with van der Waals surface area (Å²) in [6.07, 6.45) is 0.997. The maximum atomic E-state index is 12.9. The Morgan fingerprint density at radius 3 is 2.78 bits per heavy atom. The predicted octanol–water partition coefficient (Wildman–Crippen LogP) is 2.44. The van der Waals surface area contributed by atoms with Crippen molar-refractivity contribution in [2.45, 2.75) is 25.6 Å². The van der Waals surface area contributed by atoms with E-state index in [0.717, 1.165) is 42.1 Å². The Labute approximate surface area is 158 Å². The first-order valence-corrected chi connectivity index (χ1v) is 9.31.